The highest BCUT2D eigenvalue weighted by Gasteiger charge is 2.20. The summed E-state index contributed by atoms with van der Waals surface area (Å²) in [6.07, 6.45) is 1.65. The molecular weight excluding hydrogens is 386 g/mol. The first-order chi connectivity index (χ1) is 13.8. The SMILES string of the molecule is CC[C@@H](C)[NH2+][C@H](C)CC.Cc1c(CC(=O)[O-])c(C)c(CC(=O)O)c(C)c1CC(=O)O. The molecule has 0 saturated carbocycles. The van der Waals surface area contributed by atoms with Gasteiger partial charge in [0.1, 0.15) is 0 Å². The Balaban J connectivity index is 0.000000787. The highest BCUT2D eigenvalue weighted by atomic mass is 16.4. The molecule has 4 N–H and O–H groups in total. The fraction of sp³-hybridized carbons (Fsp3) is 0.609. The van der Waals surface area contributed by atoms with Crippen LogP contribution in [0.5, 0.6) is 0 Å². The first-order valence-corrected chi connectivity index (χ1v) is 10.4. The molecule has 0 fully saturated rings. The van der Waals surface area contributed by atoms with Crippen molar-refractivity contribution in [3.05, 3.63) is 33.4 Å². The lowest BCUT2D eigenvalue weighted by atomic mass is 9.84. The molecule has 0 saturated heterocycles. The normalized spacial score (nSPS) is 12.5. The molecule has 0 aliphatic rings. The molecule has 0 aromatic heterocycles. The molecule has 0 unspecified atom stereocenters. The van der Waals surface area contributed by atoms with Crippen LogP contribution in [0.3, 0.4) is 0 Å². The summed E-state index contributed by atoms with van der Waals surface area (Å²) in [6.45, 7) is 14.0. The Morgan fingerprint density at radius 1 is 0.767 bits per heavy atom. The summed E-state index contributed by atoms with van der Waals surface area (Å²) in [4.78, 5) is 32.8. The molecule has 0 heterocycles. The number of hydrogen-bond donors (Lipinski definition) is 3. The van der Waals surface area contributed by atoms with E-state index in [4.69, 9.17) is 10.2 Å². The number of aliphatic carboxylic acids is 3. The fourth-order valence-electron chi connectivity index (χ4n) is 3.47. The third-order valence-corrected chi connectivity index (χ3v) is 5.64. The lowest BCUT2D eigenvalue weighted by Crippen LogP contribution is -2.93. The monoisotopic (exact) mass is 423 g/mol. The predicted octanol–water partition coefficient (Wildman–Crippen LogP) is 1.31. The highest BCUT2D eigenvalue weighted by molar-refractivity contribution is 5.77. The Bertz CT molecular complexity index is 642. The molecule has 170 valence electrons. The Hall–Kier alpha value is -2.41. The zero-order chi connectivity index (χ0) is 23.6. The van der Waals surface area contributed by atoms with Crippen LogP contribution in [0.2, 0.25) is 0 Å². The number of carboxylic acids is 3. The molecule has 2 atom stereocenters. The van der Waals surface area contributed by atoms with Crippen molar-refractivity contribution in [2.24, 2.45) is 0 Å². The van der Waals surface area contributed by atoms with E-state index in [0.29, 0.717) is 33.4 Å². The first kappa shape index (κ1) is 27.6. The molecule has 0 radical (unpaired) electrons. The minimum atomic E-state index is -1.28. The molecule has 1 rings (SSSR count). The van der Waals surface area contributed by atoms with Gasteiger partial charge in [-0.05, 0) is 80.8 Å². The molecule has 1 aromatic rings. The van der Waals surface area contributed by atoms with Gasteiger partial charge in [-0.25, -0.2) is 0 Å². The maximum Gasteiger partial charge on any atom is 0.307 e. The average molecular weight is 424 g/mol. The topological polar surface area (TPSA) is 131 Å². The number of rotatable bonds is 10. The van der Waals surface area contributed by atoms with E-state index in [1.165, 1.54) is 12.8 Å². The minimum absolute atomic E-state index is 0.273. The van der Waals surface area contributed by atoms with E-state index in [-0.39, 0.29) is 19.3 Å². The van der Waals surface area contributed by atoms with Crippen molar-refractivity contribution in [1.82, 2.24) is 0 Å². The second kappa shape index (κ2) is 13.0. The van der Waals surface area contributed by atoms with Gasteiger partial charge in [0.25, 0.3) is 0 Å². The predicted molar refractivity (Wildman–Crippen MR) is 113 cm³/mol. The van der Waals surface area contributed by atoms with Crippen LogP contribution in [0, 0.1) is 20.8 Å². The summed E-state index contributed by atoms with van der Waals surface area (Å²) >= 11 is 0. The minimum Gasteiger partial charge on any atom is -0.550 e. The Morgan fingerprint density at radius 2 is 1.07 bits per heavy atom. The van der Waals surface area contributed by atoms with Gasteiger partial charge in [-0.2, -0.15) is 0 Å². The lowest BCUT2D eigenvalue weighted by molar-refractivity contribution is -0.715. The van der Waals surface area contributed by atoms with Crippen LogP contribution < -0.4 is 10.4 Å². The number of carboxylic acid groups (broad SMARTS) is 3. The molecule has 7 nitrogen and oxygen atoms in total. The van der Waals surface area contributed by atoms with Gasteiger partial charge < -0.3 is 25.4 Å². The van der Waals surface area contributed by atoms with Gasteiger partial charge in [-0.3, -0.25) is 9.59 Å². The van der Waals surface area contributed by atoms with Crippen LogP contribution >= 0.6 is 0 Å². The summed E-state index contributed by atoms with van der Waals surface area (Å²) in [7, 11) is 0. The number of quaternary nitrogens is 1. The smallest absolute Gasteiger partial charge is 0.307 e. The summed E-state index contributed by atoms with van der Waals surface area (Å²) < 4.78 is 0. The van der Waals surface area contributed by atoms with E-state index < -0.39 is 17.9 Å². The molecule has 0 bridgehead atoms. The summed E-state index contributed by atoms with van der Waals surface area (Å²) in [5.41, 5.74) is 3.13. The van der Waals surface area contributed by atoms with E-state index in [2.05, 4.69) is 33.0 Å². The third kappa shape index (κ3) is 8.95. The maximum atomic E-state index is 11.0. The summed E-state index contributed by atoms with van der Waals surface area (Å²) in [6, 6.07) is 1.61. The van der Waals surface area contributed by atoms with Crippen molar-refractivity contribution in [1.29, 1.82) is 0 Å². The first-order valence-electron chi connectivity index (χ1n) is 10.4. The van der Waals surface area contributed by atoms with E-state index in [9.17, 15) is 19.5 Å². The van der Waals surface area contributed by atoms with Crippen molar-refractivity contribution >= 4 is 17.9 Å². The highest BCUT2D eigenvalue weighted by Crippen LogP contribution is 2.28. The third-order valence-electron chi connectivity index (χ3n) is 5.64. The van der Waals surface area contributed by atoms with Crippen LogP contribution in [0.15, 0.2) is 0 Å². The number of benzene rings is 1. The molecule has 1 aromatic carbocycles. The Morgan fingerprint density at radius 3 is 1.30 bits per heavy atom. The molecule has 0 aliphatic heterocycles. The van der Waals surface area contributed by atoms with Crippen LogP contribution in [0.4, 0.5) is 0 Å². The van der Waals surface area contributed by atoms with E-state index in [1.54, 1.807) is 20.8 Å². The van der Waals surface area contributed by atoms with Crippen molar-refractivity contribution in [3.8, 4) is 0 Å². The van der Waals surface area contributed by atoms with Gasteiger partial charge in [0.05, 0.1) is 24.9 Å². The van der Waals surface area contributed by atoms with Crippen LogP contribution in [-0.2, 0) is 33.6 Å². The van der Waals surface area contributed by atoms with Crippen molar-refractivity contribution in [2.45, 2.75) is 92.7 Å². The molecule has 0 spiro atoms. The number of carbonyl (C=O) groups is 3. The zero-order valence-corrected chi connectivity index (χ0v) is 19.3. The Kier molecular flexibility index (Phi) is 12.0. The lowest BCUT2D eigenvalue weighted by Gasteiger charge is -2.21. The van der Waals surface area contributed by atoms with E-state index in [1.807, 2.05) is 0 Å². The van der Waals surface area contributed by atoms with Crippen LogP contribution in [0.1, 0.15) is 73.9 Å². The number of carbonyl (C=O) groups excluding carboxylic acids is 1. The van der Waals surface area contributed by atoms with Crippen molar-refractivity contribution < 1.29 is 35.0 Å². The number of hydrogen-bond acceptors (Lipinski definition) is 4. The second-order valence-electron chi connectivity index (χ2n) is 7.96. The standard InChI is InChI=1S/C15H18O6.C8H19N/c1-7-10(4-13(16)17)8(2)12(6-15(20)21)9(3)11(7)5-14(18)19;1-5-7(3)9-8(4)6-2/h4-6H2,1-3H3,(H,16,17)(H,18,19)(H,20,21);7-9H,5-6H2,1-4H3/t;7-,8-/m.1/s1. The summed E-state index contributed by atoms with van der Waals surface area (Å²) in [5, 5.41) is 31.3. The van der Waals surface area contributed by atoms with Crippen LogP contribution in [-0.4, -0.2) is 40.2 Å². The zero-order valence-electron chi connectivity index (χ0n) is 19.3. The molecule has 0 amide bonds. The largest absolute Gasteiger partial charge is 0.550 e. The molecule has 7 heteroatoms. The van der Waals surface area contributed by atoms with E-state index in [0.717, 1.165) is 12.1 Å². The maximum absolute atomic E-state index is 11.0. The molecule has 30 heavy (non-hydrogen) atoms. The second-order valence-corrected chi connectivity index (χ2v) is 7.96. The van der Waals surface area contributed by atoms with Crippen molar-refractivity contribution in [2.75, 3.05) is 0 Å². The van der Waals surface area contributed by atoms with Crippen LogP contribution in [0.25, 0.3) is 0 Å². The van der Waals surface area contributed by atoms with E-state index >= 15 is 0 Å². The molecular formula is C23H37NO6. The van der Waals surface area contributed by atoms with Gasteiger partial charge >= 0.3 is 11.9 Å². The average Bonchev–Trinajstić information content (AvgIpc) is 2.65. The Labute approximate surface area is 179 Å². The van der Waals surface area contributed by atoms with Gasteiger partial charge in [0, 0.05) is 12.4 Å². The number of nitrogens with two attached hydrogens (primary N) is 1. The van der Waals surface area contributed by atoms with Gasteiger partial charge in [-0.15, -0.1) is 0 Å². The summed E-state index contributed by atoms with van der Waals surface area (Å²) in [5.74, 6) is -3.39. The van der Waals surface area contributed by atoms with Gasteiger partial charge in [0.15, 0.2) is 0 Å². The van der Waals surface area contributed by atoms with Crippen molar-refractivity contribution in [3.63, 3.8) is 0 Å². The van der Waals surface area contributed by atoms with Gasteiger partial charge in [0.2, 0.25) is 0 Å². The van der Waals surface area contributed by atoms with Gasteiger partial charge in [-0.1, -0.05) is 13.8 Å². The fourth-order valence-corrected chi connectivity index (χ4v) is 3.47. The molecule has 0 aliphatic carbocycles. The quantitative estimate of drug-likeness (QED) is 0.520.